The number of hydrogen-bond acceptors (Lipinski definition) is 3. The van der Waals surface area contributed by atoms with Crippen molar-refractivity contribution in [3.63, 3.8) is 0 Å². The molecule has 0 fully saturated rings. The van der Waals surface area contributed by atoms with Gasteiger partial charge in [-0.25, -0.2) is 0 Å². The first-order valence-electron chi connectivity index (χ1n) is 2.50. The van der Waals surface area contributed by atoms with E-state index in [0.717, 1.165) is 4.90 Å². The summed E-state index contributed by atoms with van der Waals surface area (Å²) in [5.41, 5.74) is 0. The van der Waals surface area contributed by atoms with Gasteiger partial charge in [-0.15, -0.1) is 17.7 Å². The van der Waals surface area contributed by atoms with Crippen LogP contribution in [-0.2, 0) is 7.05 Å². The number of ether oxygens (including phenoxy) is 1. The Kier molecular flexibility index (Phi) is 1.66. The molecular formula is C5H8N2OS. The highest BCUT2D eigenvalue weighted by Gasteiger charge is 2.00. The third-order valence-electron chi connectivity index (χ3n) is 0.970. The fraction of sp³-hybridized carbons (Fsp3) is 0.400. The van der Waals surface area contributed by atoms with Crippen LogP contribution in [0.5, 0.6) is 5.88 Å². The van der Waals surface area contributed by atoms with E-state index < -0.39 is 0 Å². The summed E-state index contributed by atoms with van der Waals surface area (Å²) in [6, 6.07) is 0. The van der Waals surface area contributed by atoms with Crippen LogP contribution in [-0.4, -0.2) is 16.9 Å². The molecule has 1 rings (SSSR count). The van der Waals surface area contributed by atoms with Gasteiger partial charge in [0.05, 0.1) is 12.0 Å². The van der Waals surface area contributed by atoms with Crippen molar-refractivity contribution in [2.45, 2.75) is 4.90 Å². The van der Waals surface area contributed by atoms with Crippen molar-refractivity contribution in [2.75, 3.05) is 7.11 Å². The molecule has 0 aliphatic carbocycles. The Labute approximate surface area is 59.0 Å². The lowest BCUT2D eigenvalue weighted by Crippen LogP contribution is -1.88. The fourth-order valence-electron chi connectivity index (χ4n) is 0.601. The van der Waals surface area contributed by atoms with Crippen LogP contribution in [0.15, 0.2) is 11.1 Å². The summed E-state index contributed by atoms with van der Waals surface area (Å²) in [5.74, 6) is 0.570. The van der Waals surface area contributed by atoms with Crippen molar-refractivity contribution in [1.82, 2.24) is 9.78 Å². The van der Waals surface area contributed by atoms with E-state index in [1.54, 1.807) is 18.0 Å². The second-order valence-electron chi connectivity index (χ2n) is 1.70. The summed E-state index contributed by atoms with van der Waals surface area (Å²) in [4.78, 5) is 0.764. The highest BCUT2D eigenvalue weighted by Crippen LogP contribution is 2.17. The predicted molar refractivity (Wildman–Crippen MR) is 37.0 cm³/mol. The maximum Gasteiger partial charge on any atom is 0.246 e. The molecule has 0 aromatic carbocycles. The molecule has 0 bridgehead atoms. The molecule has 0 saturated heterocycles. The van der Waals surface area contributed by atoms with E-state index in [1.165, 1.54) is 0 Å². The summed E-state index contributed by atoms with van der Waals surface area (Å²) in [5, 5.41) is 3.95. The van der Waals surface area contributed by atoms with Gasteiger partial charge < -0.3 is 4.74 Å². The van der Waals surface area contributed by atoms with Crippen LogP contribution in [0.3, 0.4) is 0 Å². The molecule has 0 radical (unpaired) electrons. The lowest BCUT2D eigenvalue weighted by molar-refractivity contribution is 0.384. The molecule has 0 spiro atoms. The van der Waals surface area contributed by atoms with Crippen molar-refractivity contribution in [1.29, 1.82) is 0 Å². The Morgan fingerprint density at radius 2 is 2.44 bits per heavy atom. The van der Waals surface area contributed by atoms with Crippen LogP contribution in [0.4, 0.5) is 0 Å². The maximum absolute atomic E-state index is 4.86. The molecule has 3 nitrogen and oxygen atoms in total. The third kappa shape index (κ3) is 1.18. The van der Waals surface area contributed by atoms with Crippen molar-refractivity contribution in [3.05, 3.63) is 6.20 Å². The largest absolute Gasteiger partial charge is 0.479 e. The van der Waals surface area contributed by atoms with E-state index in [2.05, 4.69) is 17.7 Å². The Morgan fingerprint density at radius 1 is 1.78 bits per heavy atom. The Hall–Kier alpha value is -0.640. The van der Waals surface area contributed by atoms with Crippen molar-refractivity contribution in [3.8, 4) is 5.88 Å². The number of rotatable bonds is 1. The lowest BCUT2D eigenvalue weighted by atomic mass is 10.7. The zero-order valence-electron chi connectivity index (χ0n) is 5.33. The van der Waals surface area contributed by atoms with Crippen LogP contribution < -0.4 is 4.74 Å². The van der Waals surface area contributed by atoms with Gasteiger partial charge >= 0.3 is 0 Å². The highest BCUT2D eigenvalue weighted by atomic mass is 32.1. The van der Waals surface area contributed by atoms with Gasteiger partial charge in [-0.2, -0.15) is 0 Å². The smallest absolute Gasteiger partial charge is 0.246 e. The number of hydrogen-bond donors (Lipinski definition) is 1. The van der Waals surface area contributed by atoms with E-state index in [0.29, 0.717) is 5.88 Å². The van der Waals surface area contributed by atoms with E-state index in [-0.39, 0.29) is 0 Å². The van der Waals surface area contributed by atoms with Crippen molar-refractivity contribution in [2.24, 2.45) is 7.05 Å². The summed E-state index contributed by atoms with van der Waals surface area (Å²) >= 11 is 4.09. The number of nitrogens with zero attached hydrogens (tertiary/aromatic N) is 2. The number of aromatic nitrogens is 2. The zero-order chi connectivity index (χ0) is 6.85. The average molecular weight is 144 g/mol. The van der Waals surface area contributed by atoms with Gasteiger partial charge in [0.25, 0.3) is 0 Å². The Bertz CT molecular complexity index is 209. The van der Waals surface area contributed by atoms with Gasteiger partial charge in [0.2, 0.25) is 5.88 Å². The first kappa shape index (κ1) is 6.48. The number of methoxy groups -OCH3 is 1. The second-order valence-corrected chi connectivity index (χ2v) is 2.18. The minimum Gasteiger partial charge on any atom is -0.479 e. The average Bonchev–Trinajstić information content (AvgIpc) is 2.10. The number of thiol groups is 1. The predicted octanol–water partition coefficient (Wildman–Crippen LogP) is 0.717. The summed E-state index contributed by atoms with van der Waals surface area (Å²) in [7, 11) is 3.39. The minimum atomic E-state index is 0.570. The SMILES string of the molecule is COc1nn(C)cc1S. The molecule has 0 saturated carbocycles. The van der Waals surface area contributed by atoms with Crippen molar-refractivity contribution >= 4 is 12.6 Å². The highest BCUT2D eigenvalue weighted by molar-refractivity contribution is 7.80. The lowest BCUT2D eigenvalue weighted by Gasteiger charge is -1.90. The van der Waals surface area contributed by atoms with Crippen LogP contribution in [0.25, 0.3) is 0 Å². The molecule has 0 N–H and O–H groups in total. The summed E-state index contributed by atoms with van der Waals surface area (Å²) in [6.45, 7) is 0. The molecule has 0 aliphatic heterocycles. The fourth-order valence-corrected chi connectivity index (χ4v) is 0.904. The molecule has 50 valence electrons. The van der Waals surface area contributed by atoms with Crippen LogP contribution in [0.1, 0.15) is 0 Å². The molecule has 0 aliphatic rings. The molecule has 0 unspecified atom stereocenters. The standard InChI is InChI=1S/C5H8N2OS/c1-7-3-4(9)5(6-7)8-2/h3,9H,1-2H3. The van der Waals surface area contributed by atoms with E-state index >= 15 is 0 Å². The Balaban J connectivity index is 3.01. The molecule has 4 heteroatoms. The topological polar surface area (TPSA) is 27.1 Å². The van der Waals surface area contributed by atoms with Gasteiger partial charge in [-0.3, -0.25) is 4.68 Å². The van der Waals surface area contributed by atoms with Gasteiger partial charge in [0.1, 0.15) is 0 Å². The van der Waals surface area contributed by atoms with Gasteiger partial charge in [0.15, 0.2) is 0 Å². The first-order chi connectivity index (χ1) is 4.24. The monoisotopic (exact) mass is 144 g/mol. The minimum absolute atomic E-state index is 0.570. The molecule has 1 aromatic rings. The van der Waals surface area contributed by atoms with Crippen LogP contribution >= 0.6 is 12.6 Å². The molecule has 1 heterocycles. The van der Waals surface area contributed by atoms with E-state index in [9.17, 15) is 0 Å². The van der Waals surface area contributed by atoms with Crippen LogP contribution in [0, 0.1) is 0 Å². The Morgan fingerprint density at radius 3 is 2.67 bits per heavy atom. The van der Waals surface area contributed by atoms with Crippen LogP contribution in [0.2, 0.25) is 0 Å². The molecular weight excluding hydrogens is 136 g/mol. The summed E-state index contributed by atoms with van der Waals surface area (Å²) < 4.78 is 6.51. The van der Waals surface area contributed by atoms with E-state index in [1.807, 2.05) is 7.05 Å². The van der Waals surface area contributed by atoms with E-state index in [4.69, 9.17) is 4.74 Å². The number of aryl methyl sites for hydroxylation is 1. The second kappa shape index (κ2) is 2.31. The molecule has 0 amide bonds. The molecule has 0 atom stereocenters. The molecule has 9 heavy (non-hydrogen) atoms. The molecule has 1 aromatic heterocycles. The van der Waals surface area contributed by atoms with Gasteiger partial charge in [-0.05, 0) is 0 Å². The first-order valence-corrected chi connectivity index (χ1v) is 2.95. The van der Waals surface area contributed by atoms with Crippen molar-refractivity contribution < 1.29 is 4.74 Å². The van der Waals surface area contributed by atoms with Gasteiger partial charge in [0, 0.05) is 13.2 Å². The third-order valence-corrected chi connectivity index (χ3v) is 1.28. The normalized spacial score (nSPS) is 9.67. The maximum atomic E-state index is 4.86. The zero-order valence-corrected chi connectivity index (χ0v) is 6.22. The quantitative estimate of drug-likeness (QED) is 0.588. The summed E-state index contributed by atoms with van der Waals surface area (Å²) in [6.07, 6.45) is 1.78. The van der Waals surface area contributed by atoms with Gasteiger partial charge in [-0.1, -0.05) is 0 Å².